The van der Waals surface area contributed by atoms with Crippen molar-refractivity contribution in [1.29, 1.82) is 0 Å². The van der Waals surface area contributed by atoms with E-state index in [1.807, 2.05) is 6.92 Å². The summed E-state index contributed by atoms with van der Waals surface area (Å²) in [6.45, 7) is 6.25. The fourth-order valence-corrected chi connectivity index (χ4v) is 1.32. The first-order chi connectivity index (χ1) is 6.16. The van der Waals surface area contributed by atoms with Crippen molar-refractivity contribution in [2.45, 2.75) is 26.7 Å². The van der Waals surface area contributed by atoms with Crippen LogP contribution >= 0.6 is 0 Å². The average molecular weight is 175 g/mol. The highest BCUT2D eigenvalue weighted by atomic mass is 14.9. The van der Waals surface area contributed by atoms with Crippen LogP contribution in [0.4, 0.5) is 0 Å². The number of rotatable bonds is 1. The second-order valence-corrected chi connectivity index (χ2v) is 3.62. The Hall–Kier alpha value is -1.38. The molecule has 0 saturated carbocycles. The zero-order valence-corrected chi connectivity index (χ0v) is 8.13. The lowest BCUT2D eigenvalue weighted by Gasteiger charge is -1.97. The van der Waals surface area contributed by atoms with Crippen LogP contribution in [-0.2, 0) is 0 Å². The predicted molar refractivity (Wildman–Crippen MR) is 52.7 cm³/mol. The first-order valence-corrected chi connectivity index (χ1v) is 4.49. The Morgan fingerprint density at radius 1 is 1.38 bits per heavy atom. The summed E-state index contributed by atoms with van der Waals surface area (Å²) in [5, 5.41) is 0. The standard InChI is InChI=1S/C10H13N3/c1-6(2)8-4-9-10(13-8)12-7(3)5-11-9/h4-6H,1-3H3,(H,12,13). The molecular formula is C10H13N3. The summed E-state index contributed by atoms with van der Waals surface area (Å²) in [7, 11) is 0. The predicted octanol–water partition coefficient (Wildman–Crippen LogP) is 2.39. The van der Waals surface area contributed by atoms with Crippen LogP contribution in [0.2, 0.25) is 0 Å². The Labute approximate surface area is 77.2 Å². The average Bonchev–Trinajstić information content (AvgIpc) is 2.46. The molecule has 3 heteroatoms. The minimum atomic E-state index is 0.497. The van der Waals surface area contributed by atoms with Gasteiger partial charge in [-0.3, -0.25) is 4.98 Å². The van der Waals surface area contributed by atoms with E-state index in [0.717, 1.165) is 16.9 Å². The third-order valence-corrected chi connectivity index (χ3v) is 2.10. The highest BCUT2D eigenvalue weighted by Crippen LogP contribution is 2.17. The first kappa shape index (κ1) is 8.23. The van der Waals surface area contributed by atoms with Gasteiger partial charge < -0.3 is 4.98 Å². The molecule has 2 aromatic heterocycles. The number of nitrogens with zero attached hydrogens (tertiary/aromatic N) is 2. The van der Waals surface area contributed by atoms with Crippen LogP contribution < -0.4 is 0 Å². The second-order valence-electron chi connectivity index (χ2n) is 3.62. The van der Waals surface area contributed by atoms with Crippen LogP contribution in [0.1, 0.15) is 31.2 Å². The topological polar surface area (TPSA) is 41.6 Å². The number of aromatic amines is 1. The molecule has 0 unspecified atom stereocenters. The smallest absolute Gasteiger partial charge is 0.156 e. The second kappa shape index (κ2) is 2.83. The summed E-state index contributed by atoms with van der Waals surface area (Å²) < 4.78 is 0. The van der Waals surface area contributed by atoms with Gasteiger partial charge in [-0.2, -0.15) is 0 Å². The van der Waals surface area contributed by atoms with Crippen LogP contribution in [0, 0.1) is 6.92 Å². The third-order valence-electron chi connectivity index (χ3n) is 2.10. The van der Waals surface area contributed by atoms with Crippen molar-refractivity contribution in [1.82, 2.24) is 15.0 Å². The monoisotopic (exact) mass is 175 g/mol. The number of hydrogen-bond acceptors (Lipinski definition) is 2. The molecule has 68 valence electrons. The molecule has 0 spiro atoms. The normalized spacial score (nSPS) is 11.4. The summed E-state index contributed by atoms with van der Waals surface area (Å²) in [6.07, 6.45) is 1.79. The lowest BCUT2D eigenvalue weighted by Crippen LogP contribution is -1.86. The third kappa shape index (κ3) is 1.41. The van der Waals surface area contributed by atoms with Gasteiger partial charge in [0.15, 0.2) is 5.65 Å². The van der Waals surface area contributed by atoms with E-state index in [4.69, 9.17) is 0 Å². The van der Waals surface area contributed by atoms with Gasteiger partial charge in [0.25, 0.3) is 0 Å². The quantitative estimate of drug-likeness (QED) is 0.723. The number of aryl methyl sites for hydroxylation is 1. The number of H-pyrrole nitrogens is 1. The van der Waals surface area contributed by atoms with Gasteiger partial charge in [0.2, 0.25) is 0 Å². The van der Waals surface area contributed by atoms with E-state index in [2.05, 4.69) is 34.9 Å². The van der Waals surface area contributed by atoms with Gasteiger partial charge in [0.1, 0.15) is 5.52 Å². The molecule has 2 aromatic rings. The highest BCUT2D eigenvalue weighted by Gasteiger charge is 2.05. The molecule has 2 rings (SSSR count). The zero-order chi connectivity index (χ0) is 9.42. The molecule has 0 aliphatic rings. The van der Waals surface area contributed by atoms with E-state index in [1.54, 1.807) is 6.20 Å². The summed E-state index contributed by atoms with van der Waals surface area (Å²) in [4.78, 5) is 11.9. The number of aromatic nitrogens is 3. The Morgan fingerprint density at radius 3 is 2.85 bits per heavy atom. The van der Waals surface area contributed by atoms with Gasteiger partial charge in [0.05, 0.1) is 5.69 Å². The maximum Gasteiger partial charge on any atom is 0.156 e. The van der Waals surface area contributed by atoms with E-state index in [9.17, 15) is 0 Å². The zero-order valence-electron chi connectivity index (χ0n) is 8.13. The lowest BCUT2D eigenvalue weighted by molar-refractivity contribution is 0.835. The fourth-order valence-electron chi connectivity index (χ4n) is 1.32. The van der Waals surface area contributed by atoms with Crippen LogP contribution in [0.3, 0.4) is 0 Å². The molecule has 0 saturated heterocycles. The van der Waals surface area contributed by atoms with Crippen LogP contribution in [0.25, 0.3) is 11.2 Å². The number of hydrogen-bond donors (Lipinski definition) is 1. The van der Waals surface area contributed by atoms with Gasteiger partial charge in [0, 0.05) is 11.9 Å². The molecule has 2 heterocycles. The van der Waals surface area contributed by atoms with Gasteiger partial charge >= 0.3 is 0 Å². The van der Waals surface area contributed by atoms with Crippen molar-refractivity contribution in [2.75, 3.05) is 0 Å². The molecule has 0 amide bonds. The lowest BCUT2D eigenvalue weighted by atomic mass is 10.1. The summed E-state index contributed by atoms with van der Waals surface area (Å²) >= 11 is 0. The SMILES string of the molecule is Cc1cnc2cc(C(C)C)[nH]c2n1. The first-order valence-electron chi connectivity index (χ1n) is 4.49. The van der Waals surface area contributed by atoms with Crippen LogP contribution in [0.15, 0.2) is 12.3 Å². The molecule has 0 aliphatic heterocycles. The van der Waals surface area contributed by atoms with Crippen LogP contribution in [0.5, 0.6) is 0 Å². The Bertz CT molecular complexity index is 429. The fraction of sp³-hybridized carbons (Fsp3) is 0.400. The molecule has 3 nitrogen and oxygen atoms in total. The summed E-state index contributed by atoms with van der Waals surface area (Å²) in [5.41, 5.74) is 3.99. The number of fused-ring (bicyclic) bond motifs is 1. The summed E-state index contributed by atoms with van der Waals surface area (Å²) in [5.74, 6) is 0.497. The summed E-state index contributed by atoms with van der Waals surface area (Å²) in [6, 6.07) is 2.06. The molecule has 0 radical (unpaired) electrons. The van der Waals surface area contributed by atoms with Gasteiger partial charge in [-0.05, 0) is 18.9 Å². The van der Waals surface area contributed by atoms with Crippen molar-refractivity contribution in [2.24, 2.45) is 0 Å². The van der Waals surface area contributed by atoms with E-state index in [-0.39, 0.29) is 0 Å². The van der Waals surface area contributed by atoms with E-state index in [0.29, 0.717) is 5.92 Å². The molecule has 0 atom stereocenters. The van der Waals surface area contributed by atoms with Crippen molar-refractivity contribution in [3.05, 3.63) is 23.7 Å². The molecule has 1 N–H and O–H groups in total. The molecule has 0 aliphatic carbocycles. The number of nitrogens with one attached hydrogen (secondary N) is 1. The Kier molecular flexibility index (Phi) is 1.79. The van der Waals surface area contributed by atoms with E-state index in [1.165, 1.54) is 5.69 Å². The Morgan fingerprint density at radius 2 is 2.15 bits per heavy atom. The maximum atomic E-state index is 4.36. The van der Waals surface area contributed by atoms with Crippen molar-refractivity contribution >= 4 is 11.2 Å². The molecule has 0 fully saturated rings. The Balaban J connectivity index is 2.62. The van der Waals surface area contributed by atoms with Gasteiger partial charge in [-0.25, -0.2) is 4.98 Å². The maximum absolute atomic E-state index is 4.36. The minimum Gasteiger partial charge on any atom is -0.342 e. The van der Waals surface area contributed by atoms with E-state index < -0.39 is 0 Å². The van der Waals surface area contributed by atoms with E-state index >= 15 is 0 Å². The van der Waals surface area contributed by atoms with Crippen molar-refractivity contribution < 1.29 is 0 Å². The molecule has 0 bridgehead atoms. The minimum absolute atomic E-state index is 0.497. The van der Waals surface area contributed by atoms with Crippen molar-refractivity contribution in [3.8, 4) is 0 Å². The van der Waals surface area contributed by atoms with Gasteiger partial charge in [-0.1, -0.05) is 13.8 Å². The largest absolute Gasteiger partial charge is 0.342 e. The van der Waals surface area contributed by atoms with Gasteiger partial charge in [-0.15, -0.1) is 0 Å². The van der Waals surface area contributed by atoms with Crippen LogP contribution in [-0.4, -0.2) is 15.0 Å². The highest BCUT2D eigenvalue weighted by molar-refractivity contribution is 5.71. The molecule has 13 heavy (non-hydrogen) atoms. The molecule has 0 aromatic carbocycles. The van der Waals surface area contributed by atoms with Crippen molar-refractivity contribution in [3.63, 3.8) is 0 Å². The molecular weight excluding hydrogens is 162 g/mol.